The Labute approximate surface area is 135 Å². The minimum absolute atomic E-state index is 0.0285. The second kappa shape index (κ2) is 5.99. The number of hydrogen-bond donors (Lipinski definition) is 0. The molecule has 0 aliphatic rings. The number of ether oxygens (including phenoxy) is 1. The van der Waals surface area contributed by atoms with Crippen molar-refractivity contribution in [2.45, 2.75) is 19.7 Å². The van der Waals surface area contributed by atoms with E-state index in [1.807, 2.05) is 0 Å². The molecule has 0 saturated heterocycles. The number of hydrogen-bond acceptors (Lipinski definition) is 3. The Morgan fingerprint density at radius 1 is 1.12 bits per heavy atom. The summed E-state index contributed by atoms with van der Waals surface area (Å²) in [6, 6.07) is 8.91. The van der Waals surface area contributed by atoms with Crippen LogP contribution >= 0.6 is 0 Å². The average molecular weight is 334 g/mol. The molecule has 124 valence electrons. The first-order valence-corrected chi connectivity index (χ1v) is 7.24. The van der Waals surface area contributed by atoms with Gasteiger partial charge in [-0.15, -0.1) is 13.2 Å². The second-order valence-corrected chi connectivity index (χ2v) is 5.16. The Bertz CT molecular complexity index is 883. The summed E-state index contributed by atoms with van der Waals surface area (Å²) in [7, 11) is 0. The van der Waals surface area contributed by atoms with Gasteiger partial charge in [-0.1, -0.05) is 6.92 Å². The Hall–Kier alpha value is -2.83. The van der Waals surface area contributed by atoms with Gasteiger partial charge in [-0.3, -0.25) is 4.79 Å². The fraction of sp³-hybridized carbons (Fsp3) is 0.176. The van der Waals surface area contributed by atoms with Crippen molar-refractivity contribution >= 4 is 11.4 Å². The Morgan fingerprint density at radius 2 is 1.83 bits per heavy atom. The lowest BCUT2D eigenvalue weighted by molar-refractivity contribution is -0.274. The molecule has 0 spiro atoms. The molecule has 3 aromatic rings. The second-order valence-electron chi connectivity index (χ2n) is 5.16. The molecule has 2 aromatic heterocycles. The summed E-state index contributed by atoms with van der Waals surface area (Å²) in [5.41, 5.74) is 2.47. The molecule has 3 rings (SSSR count). The number of pyridine rings is 1. The molecule has 0 atom stereocenters. The van der Waals surface area contributed by atoms with Gasteiger partial charge in [0.15, 0.2) is 5.78 Å². The van der Waals surface area contributed by atoms with Gasteiger partial charge < -0.3 is 9.14 Å². The van der Waals surface area contributed by atoms with E-state index >= 15 is 0 Å². The molecular formula is C17H13F3N2O2. The van der Waals surface area contributed by atoms with Gasteiger partial charge in [-0.25, -0.2) is 4.98 Å². The highest BCUT2D eigenvalue weighted by Crippen LogP contribution is 2.26. The quantitative estimate of drug-likeness (QED) is 0.660. The number of fused-ring (bicyclic) bond motifs is 1. The fourth-order valence-electron chi connectivity index (χ4n) is 2.33. The third kappa shape index (κ3) is 3.40. The van der Waals surface area contributed by atoms with Gasteiger partial charge >= 0.3 is 6.36 Å². The van der Waals surface area contributed by atoms with E-state index in [9.17, 15) is 18.0 Å². The van der Waals surface area contributed by atoms with Gasteiger partial charge in [0.25, 0.3) is 0 Å². The van der Waals surface area contributed by atoms with Crippen LogP contribution < -0.4 is 4.74 Å². The SMILES string of the molecule is CCC(=O)c1ccc2nc(-c3ccc(OC(F)(F)F)cc3)cn2c1. The molecule has 24 heavy (non-hydrogen) atoms. The number of Topliss-reactive ketones (excluding diaryl/α,β-unsaturated/α-hetero) is 1. The monoisotopic (exact) mass is 334 g/mol. The molecular weight excluding hydrogens is 321 g/mol. The normalized spacial score (nSPS) is 11.7. The van der Waals surface area contributed by atoms with Gasteiger partial charge in [0.05, 0.1) is 5.69 Å². The third-order valence-electron chi connectivity index (χ3n) is 3.48. The van der Waals surface area contributed by atoms with Crippen LogP contribution in [0.4, 0.5) is 13.2 Å². The number of ketones is 1. The first kappa shape index (κ1) is 16.0. The van der Waals surface area contributed by atoms with Crippen LogP contribution in [0.1, 0.15) is 23.7 Å². The number of benzene rings is 1. The minimum Gasteiger partial charge on any atom is -0.406 e. The van der Waals surface area contributed by atoms with Crippen LogP contribution in [0.3, 0.4) is 0 Å². The van der Waals surface area contributed by atoms with Crippen molar-refractivity contribution in [1.82, 2.24) is 9.38 Å². The zero-order valence-corrected chi connectivity index (χ0v) is 12.7. The van der Waals surface area contributed by atoms with Crippen molar-refractivity contribution in [2.75, 3.05) is 0 Å². The molecule has 0 bridgehead atoms. The largest absolute Gasteiger partial charge is 0.573 e. The van der Waals surface area contributed by atoms with Gasteiger partial charge in [0.2, 0.25) is 0 Å². The molecule has 0 radical (unpaired) electrons. The third-order valence-corrected chi connectivity index (χ3v) is 3.48. The maximum atomic E-state index is 12.2. The van der Waals surface area contributed by atoms with Crippen molar-refractivity contribution in [1.29, 1.82) is 0 Å². The van der Waals surface area contributed by atoms with Crippen LogP contribution in [0.2, 0.25) is 0 Å². The summed E-state index contributed by atoms with van der Waals surface area (Å²) in [5.74, 6) is -0.258. The van der Waals surface area contributed by atoms with Crippen LogP contribution in [0.5, 0.6) is 5.75 Å². The maximum absolute atomic E-state index is 12.2. The van der Waals surface area contributed by atoms with Crippen molar-refractivity contribution < 1.29 is 22.7 Å². The molecule has 0 saturated carbocycles. The summed E-state index contributed by atoms with van der Waals surface area (Å²) >= 11 is 0. The summed E-state index contributed by atoms with van der Waals surface area (Å²) in [4.78, 5) is 16.1. The number of nitrogens with zero attached hydrogens (tertiary/aromatic N) is 2. The molecule has 0 N–H and O–H groups in total. The Balaban J connectivity index is 1.90. The van der Waals surface area contributed by atoms with Gasteiger partial charge in [-0.05, 0) is 36.4 Å². The number of aromatic nitrogens is 2. The first-order chi connectivity index (χ1) is 11.4. The molecule has 0 aliphatic heterocycles. The van der Waals surface area contributed by atoms with E-state index in [1.165, 1.54) is 24.3 Å². The molecule has 2 heterocycles. The van der Waals surface area contributed by atoms with Crippen LogP contribution in [0.25, 0.3) is 16.9 Å². The molecule has 7 heteroatoms. The van der Waals surface area contributed by atoms with Crippen molar-refractivity contribution in [3.8, 4) is 17.0 Å². The molecule has 0 aliphatic carbocycles. The topological polar surface area (TPSA) is 43.6 Å². The summed E-state index contributed by atoms with van der Waals surface area (Å²) in [5, 5.41) is 0. The predicted molar refractivity (Wildman–Crippen MR) is 81.9 cm³/mol. The molecule has 0 amide bonds. The van der Waals surface area contributed by atoms with Crippen molar-refractivity contribution in [2.24, 2.45) is 0 Å². The molecule has 0 unspecified atom stereocenters. The predicted octanol–water partition coefficient (Wildman–Crippen LogP) is 4.49. The lowest BCUT2D eigenvalue weighted by Crippen LogP contribution is -2.16. The van der Waals surface area contributed by atoms with E-state index in [2.05, 4.69) is 9.72 Å². The van der Waals surface area contributed by atoms with E-state index < -0.39 is 6.36 Å². The molecule has 0 fully saturated rings. The fourth-order valence-corrected chi connectivity index (χ4v) is 2.33. The van der Waals surface area contributed by atoms with Gasteiger partial charge in [-0.2, -0.15) is 0 Å². The highest BCUT2D eigenvalue weighted by molar-refractivity contribution is 5.95. The standard InChI is InChI=1S/C17H13F3N2O2/c1-2-15(23)12-5-8-16-21-14(10-22(16)9-12)11-3-6-13(7-4-11)24-17(18,19)20/h3-10H,2H2,1H3. The van der Waals surface area contributed by atoms with E-state index in [4.69, 9.17) is 0 Å². The highest BCUT2D eigenvalue weighted by atomic mass is 19.4. The number of alkyl halides is 3. The van der Waals surface area contributed by atoms with Crippen molar-refractivity contribution in [3.63, 3.8) is 0 Å². The zero-order chi connectivity index (χ0) is 17.3. The van der Waals surface area contributed by atoms with Crippen molar-refractivity contribution in [3.05, 3.63) is 54.4 Å². The highest BCUT2D eigenvalue weighted by Gasteiger charge is 2.30. The summed E-state index contributed by atoms with van der Waals surface area (Å²) < 4.78 is 42.1. The summed E-state index contributed by atoms with van der Waals surface area (Å²) in [6.45, 7) is 1.79. The van der Waals surface area contributed by atoms with Crippen LogP contribution in [0.15, 0.2) is 48.8 Å². The number of carbonyl (C=O) groups is 1. The smallest absolute Gasteiger partial charge is 0.406 e. The Kier molecular flexibility index (Phi) is 4.01. The number of halogens is 3. The van der Waals surface area contributed by atoms with Crippen LogP contribution in [-0.2, 0) is 0 Å². The average Bonchev–Trinajstić information content (AvgIpc) is 2.96. The maximum Gasteiger partial charge on any atom is 0.573 e. The van der Waals surface area contributed by atoms with E-state index in [0.29, 0.717) is 28.9 Å². The Morgan fingerprint density at radius 3 is 2.46 bits per heavy atom. The zero-order valence-electron chi connectivity index (χ0n) is 12.7. The lowest BCUT2D eigenvalue weighted by atomic mass is 10.1. The van der Waals surface area contributed by atoms with Crippen LogP contribution in [-0.4, -0.2) is 21.5 Å². The lowest BCUT2D eigenvalue weighted by Gasteiger charge is -2.08. The number of carbonyl (C=O) groups excluding carboxylic acids is 1. The van der Waals surface area contributed by atoms with Crippen LogP contribution in [0, 0.1) is 0 Å². The number of rotatable bonds is 4. The first-order valence-electron chi connectivity index (χ1n) is 7.24. The van der Waals surface area contributed by atoms with Gasteiger partial charge in [0.1, 0.15) is 11.4 Å². The molecule has 1 aromatic carbocycles. The summed E-state index contributed by atoms with van der Waals surface area (Å²) in [6.07, 6.45) is -0.888. The van der Waals surface area contributed by atoms with Gasteiger partial charge in [0, 0.05) is 29.9 Å². The van der Waals surface area contributed by atoms with E-state index in [0.717, 1.165) is 0 Å². The molecule has 4 nitrogen and oxygen atoms in total. The van der Waals surface area contributed by atoms with E-state index in [-0.39, 0.29) is 11.5 Å². The minimum atomic E-state index is -4.72. The van der Waals surface area contributed by atoms with E-state index in [1.54, 1.807) is 35.9 Å². The number of imidazole rings is 1.